The maximum atomic E-state index is 13.2. The third-order valence-corrected chi connectivity index (χ3v) is 5.67. The molecule has 1 aromatic carbocycles. The minimum atomic E-state index is -4.48. The third-order valence-electron chi connectivity index (χ3n) is 5.67. The first kappa shape index (κ1) is 24.8. The molecule has 2 N–H and O–H groups in total. The Hall–Kier alpha value is -2.82. The summed E-state index contributed by atoms with van der Waals surface area (Å²) in [6, 6.07) is 4.51. The van der Waals surface area contributed by atoms with Gasteiger partial charge in [0.25, 0.3) is 5.91 Å². The number of halogens is 3. The van der Waals surface area contributed by atoms with E-state index in [1.54, 1.807) is 30.1 Å². The normalized spacial score (nSPS) is 22.9. The van der Waals surface area contributed by atoms with Gasteiger partial charge in [0.05, 0.1) is 24.1 Å². The van der Waals surface area contributed by atoms with Gasteiger partial charge in [0.15, 0.2) is 0 Å². The number of carbonyl (C=O) groups is 3. The van der Waals surface area contributed by atoms with Gasteiger partial charge in [-0.2, -0.15) is 13.2 Å². The van der Waals surface area contributed by atoms with Gasteiger partial charge in [-0.25, -0.2) is 0 Å². The van der Waals surface area contributed by atoms with Crippen LogP contribution < -0.4 is 15.4 Å². The van der Waals surface area contributed by atoms with Gasteiger partial charge in [0.2, 0.25) is 11.8 Å². The van der Waals surface area contributed by atoms with Crippen LogP contribution in [0.1, 0.15) is 49.4 Å². The summed E-state index contributed by atoms with van der Waals surface area (Å²) in [5.74, 6) is -0.838. The molecule has 0 unspecified atom stereocenters. The van der Waals surface area contributed by atoms with Crippen molar-refractivity contribution in [2.45, 2.75) is 63.5 Å². The number of nitrogens with zero attached hydrogens (tertiary/aromatic N) is 1. The number of ether oxygens (including phenoxy) is 2. The monoisotopic (exact) mass is 471 g/mol. The molecule has 1 fully saturated rings. The van der Waals surface area contributed by atoms with E-state index in [0.29, 0.717) is 42.7 Å². The zero-order chi connectivity index (χ0) is 24.2. The molecule has 0 radical (unpaired) electrons. The average molecular weight is 471 g/mol. The van der Waals surface area contributed by atoms with Crippen LogP contribution in [-0.2, 0) is 14.3 Å². The van der Waals surface area contributed by atoms with Gasteiger partial charge < -0.3 is 25.0 Å². The molecule has 2 heterocycles. The molecule has 1 aromatic rings. The molecule has 3 atom stereocenters. The second-order valence-electron chi connectivity index (χ2n) is 8.27. The lowest BCUT2D eigenvalue weighted by Crippen LogP contribution is -2.54. The molecule has 2 aliphatic rings. The molecule has 1 saturated heterocycles. The standard InChI is InChI=1S/C22H28F3N3O5/c1-3-4-19(29)27-13-5-8-17-15(9-13)21(31)28(2)16-7-6-14(33-18(16)11-32-17)10-20(30)26-12-22(23,24)25/h5,8-9,14,16,18H,3-4,6-7,10-12H2,1-2H3,(H,26,30)(H,27,29)/t14-,16+,18+/m1/s1. The summed E-state index contributed by atoms with van der Waals surface area (Å²) in [6.45, 7) is 0.620. The molecular weight excluding hydrogens is 443 g/mol. The lowest BCUT2D eigenvalue weighted by Gasteiger charge is -2.42. The molecule has 33 heavy (non-hydrogen) atoms. The minimum Gasteiger partial charge on any atom is -0.490 e. The van der Waals surface area contributed by atoms with Gasteiger partial charge in [0, 0.05) is 19.2 Å². The lowest BCUT2D eigenvalue weighted by atomic mass is 9.94. The van der Waals surface area contributed by atoms with Crippen molar-refractivity contribution in [2.24, 2.45) is 0 Å². The molecule has 3 amide bonds. The van der Waals surface area contributed by atoms with Crippen LogP contribution in [-0.4, -0.2) is 67.2 Å². The predicted molar refractivity (Wildman–Crippen MR) is 113 cm³/mol. The van der Waals surface area contributed by atoms with Crippen LogP contribution in [0, 0.1) is 0 Å². The SMILES string of the molecule is CCCC(=O)Nc1ccc2c(c1)C(=O)N(C)[C@H]1CC[C@H](CC(=O)NCC(F)(F)F)O[C@H]1CO2. The molecular formula is C22H28F3N3O5. The smallest absolute Gasteiger partial charge is 0.405 e. The molecule has 11 heteroatoms. The second kappa shape index (κ2) is 10.4. The lowest BCUT2D eigenvalue weighted by molar-refractivity contribution is -0.144. The Labute approximate surface area is 189 Å². The summed E-state index contributed by atoms with van der Waals surface area (Å²) < 4.78 is 48.7. The van der Waals surface area contributed by atoms with Crippen molar-refractivity contribution in [3.8, 4) is 5.75 Å². The zero-order valence-corrected chi connectivity index (χ0v) is 18.5. The van der Waals surface area contributed by atoms with Gasteiger partial charge in [-0.1, -0.05) is 6.92 Å². The first-order valence-corrected chi connectivity index (χ1v) is 10.9. The van der Waals surface area contributed by atoms with Crippen LogP contribution in [0.15, 0.2) is 18.2 Å². The van der Waals surface area contributed by atoms with E-state index in [9.17, 15) is 27.6 Å². The van der Waals surface area contributed by atoms with Crippen molar-refractivity contribution in [3.05, 3.63) is 23.8 Å². The maximum Gasteiger partial charge on any atom is 0.405 e. The number of likely N-dealkylation sites (N-methyl/N-ethyl adjacent to an activating group) is 1. The summed E-state index contributed by atoms with van der Waals surface area (Å²) in [7, 11) is 1.65. The Kier molecular flexibility index (Phi) is 7.83. The summed E-state index contributed by atoms with van der Waals surface area (Å²) in [6.07, 6.45) is -3.78. The fraction of sp³-hybridized carbons (Fsp3) is 0.591. The van der Waals surface area contributed by atoms with Gasteiger partial charge >= 0.3 is 6.18 Å². The van der Waals surface area contributed by atoms with Crippen LogP contribution in [0.4, 0.5) is 18.9 Å². The third kappa shape index (κ3) is 6.59. The molecule has 3 rings (SSSR count). The topological polar surface area (TPSA) is 97.0 Å². The predicted octanol–water partition coefficient (Wildman–Crippen LogP) is 2.87. The van der Waals surface area contributed by atoms with Crippen molar-refractivity contribution < 1.29 is 37.0 Å². The highest BCUT2D eigenvalue weighted by Gasteiger charge is 2.39. The van der Waals surface area contributed by atoms with E-state index in [2.05, 4.69) is 5.32 Å². The Morgan fingerprint density at radius 1 is 1.21 bits per heavy atom. The van der Waals surface area contributed by atoms with Gasteiger partial charge in [-0.3, -0.25) is 14.4 Å². The van der Waals surface area contributed by atoms with Crippen LogP contribution in [0.2, 0.25) is 0 Å². The number of fused-ring (bicyclic) bond motifs is 2. The minimum absolute atomic E-state index is 0.109. The number of hydrogen-bond acceptors (Lipinski definition) is 5. The van der Waals surface area contributed by atoms with Crippen LogP contribution in [0.25, 0.3) is 0 Å². The number of amides is 3. The van der Waals surface area contributed by atoms with Crippen molar-refractivity contribution in [3.63, 3.8) is 0 Å². The summed E-state index contributed by atoms with van der Waals surface area (Å²) in [4.78, 5) is 38.5. The number of nitrogens with one attached hydrogen (secondary N) is 2. The molecule has 182 valence electrons. The van der Waals surface area contributed by atoms with E-state index in [-0.39, 0.29) is 30.9 Å². The van der Waals surface area contributed by atoms with Crippen LogP contribution in [0.3, 0.4) is 0 Å². The number of alkyl halides is 3. The zero-order valence-electron chi connectivity index (χ0n) is 18.5. The summed E-state index contributed by atoms with van der Waals surface area (Å²) in [5.41, 5.74) is 0.818. The van der Waals surface area contributed by atoms with E-state index in [4.69, 9.17) is 9.47 Å². The van der Waals surface area contributed by atoms with E-state index in [1.807, 2.05) is 12.2 Å². The number of anilines is 1. The fourth-order valence-electron chi connectivity index (χ4n) is 4.03. The quantitative estimate of drug-likeness (QED) is 0.665. The second-order valence-corrected chi connectivity index (χ2v) is 8.27. The van der Waals surface area contributed by atoms with Crippen molar-refractivity contribution in [2.75, 3.05) is 25.5 Å². The molecule has 8 nitrogen and oxygen atoms in total. The van der Waals surface area contributed by atoms with Gasteiger partial charge in [-0.05, 0) is 37.5 Å². The Morgan fingerprint density at radius 2 is 1.97 bits per heavy atom. The summed E-state index contributed by atoms with van der Waals surface area (Å²) in [5, 5.41) is 4.62. The molecule has 0 aromatic heterocycles. The Bertz CT molecular complexity index is 893. The number of benzene rings is 1. The first-order valence-electron chi connectivity index (χ1n) is 10.9. The van der Waals surface area contributed by atoms with E-state index >= 15 is 0 Å². The number of hydrogen-bond donors (Lipinski definition) is 2. The van der Waals surface area contributed by atoms with Crippen LogP contribution in [0.5, 0.6) is 5.75 Å². The fourth-order valence-corrected chi connectivity index (χ4v) is 4.03. The van der Waals surface area contributed by atoms with Crippen LogP contribution >= 0.6 is 0 Å². The Morgan fingerprint density at radius 3 is 2.67 bits per heavy atom. The number of carbonyl (C=O) groups excluding carboxylic acids is 3. The van der Waals surface area contributed by atoms with E-state index in [0.717, 1.165) is 0 Å². The van der Waals surface area contributed by atoms with Gasteiger partial charge in [-0.15, -0.1) is 0 Å². The van der Waals surface area contributed by atoms with E-state index in [1.165, 1.54) is 0 Å². The number of rotatable bonds is 6. The molecule has 2 aliphatic heterocycles. The summed E-state index contributed by atoms with van der Waals surface area (Å²) >= 11 is 0. The van der Waals surface area contributed by atoms with Crippen molar-refractivity contribution in [1.29, 1.82) is 0 Å². The Balaban J connectivity index is 1.67. The highest BCUT2D eigenvalue weighted by Crippen LogP contribution is 2.32. The molecule has 0 aliphatic carbocycles. The highest BCUT2D eigenvalue weighted by atomic mass is 19.4. The largest absolute Gasteiger partial charge is 0.490 e. The first-order chi connectivity index (χ1) is 15.6. The van der Waals surface area contributed by atoms with Crippen molar-refractivity contribution >= 4 is 23.4 Å². The molecule has 0 saturated carbocycles. The average Bonchev–Trinajstić information content (AvgIpc) is 2.75. The van der Waals surface area contributed by atoms with E-state index < -0.39 is 30.8 Å². The molecule has 0 spiro atoms. The van der Waals surface area contributed by atoms with Gasteiger partial charge in [0.1, 0.15) is 25.0 Å². The maximum absolute atomic E-state index is 13.2. The van der Waals surface area contributed by atoms with Crippen molar-refractivity contribution in [1.82, 2.24) is 10.2 Å². The highest BCUT2D eigenvalue weighted by molar-refractivity contribution is 5.99. The molecule has 0 bridgehead atoms.